The van der Waals surface area contributed by atoms with Crippen molar-refractivity contribution in [1.29, 1.82) is 0 Å². The largest absolute Gasteiger partial charge is 1.00 e. The topological polar surface area (TPSA) is 75.7 Å². The molecule has 0 saturated carbocycles. The Morgan fingerprint density at radius 3 is 2.47 bits per heavy atom. The summed E-state index contributed by atoms with van der Waals surface area (Å²) in [4.78, 5) is 0.938. The Kier molecular flexibility index (Phi) is 9.43. The van der Waals surface area contributed by atoms with Gasteiger partial charge in [-0.15, -0.1) is 0 Å². The standard InChI is InChI=1S/C10H13BrO5S2.Na/c1-7-6-10(18(13,14)4-3-11)8(2)5-9(7)17-16-15-12;/h5-6,12H,3-4H2,1-2H3;/q;+1/p-1. The molecule has 0 bridgehead atoms. The molecule has 19 heavy (non-hydrogen) atoms. The van der Waals surface area contributed by atoms with Crippen molar-refractivity contribution in [3.63, 3.8) is 0 Å². The summed E-state index contributed by atoms with van der Waals surface area (Å²) in [5.41, 5.74) is 1.31. The Hall–Kier alpha value is 0.880. The second-order valence-electron chi connectivity index (χ2n) is 3.61. The third-order valence-electron chi connectivity index (χ3n) is 2.31. The monoisotopic (exact) mass is 378 g/mol. The molecule has 0 aliphatic heterocycles. The SMILES string of the molecule is Cc1cc(S(=O)(=O)CCBr)c(C)cc1SOO[O-].[Na+]. The molecule has 0 saturated heterocycles. The molecule has 1 aromatic rings. The molecule has 1 aromatic carbocycles. The molecule has 0 amide bonds. The Labute approximate surface area is 147 Å². The normalized spacial score (nSPS) is 11.2. The number of hydrogen-bond acceptors (Lipinski definition) is 6. The van der Waals surface area contributed by atoms with E-state index in [1.54, 1.807) is 26.0 Å². The van der Waals surface area contributed by atoms with Crippen LogP contribution in [-0.4, -0.2) is 19.5 Å². The van der Waals surface area contributed by atoms with E-state index in [9.17, 15) is 13.7 Å². The van der Waals surface area contributed by atoms with Gasteiger partial charge in [-0.3, -0.25) is 5.04 Å². The number of hydrogen-bond donors (Lipinski definition) is 0. The van der Waals surface area contributed by atoms with E-state index in [0.29, 0.717) is 26.2 Å². The van der Waals surface area contributed by atoms with Gasteiger partial charge in [0.25, 0.3) is 0 Å². The third kappa shape index (κ3) is 5.64. The molecule has 0 spiro atoms. The summed E-state index contributed by atoms with van der Waals surface area (Å²) < 4.78 is 28.2. The first-order chi connectivity index (χ1) is 8.42. The number of sulfone groups is 1. The van der Waals surface area contributed by atoms with Gasteiger partial charge in [-0.1, -0.05) is 15.9 Å². The predicted octanol–water partition coefficient (Wildman–Crippen LogP) is -1.29. The zero-order valence-corrected chi connectivity index (χ0v) is 16.0. The first-order valence-corrected chi connectivity index (χ1v) is 8.47. The third-order valence-corrected chi connectivity index (χ3v) is 5.82. The zero-order valence-electron chi connectivity index (χ0n) is 10.8. The van der Waals surface area contributed by atoms with Gasteiger partial charge in [0, 0.05) is 10.2 Å². The van der Waals surface area contributed by atoms with E-state index in [4.69, 9.17) is 0 Å². The van der Waals surface area contributed by atoms with Gasteiger partial charge in [0.1, 0.15) is 0 Å². The van der Waals surface area contributed by atoms with E-state index in [-0.39, 0.29) is 35.3 Å². The Bertz CT molecular complexity index is 521. The van der Waals surface area contributed by atoms with Gasteiger partial charge in [-0.2, -0.15) is 4.33 Å². The van der Waals surface area contributed by atoms with Crippen LogP contribution in [-0.2, 0) is 19.2 Å². The van der Waals surface area contributed by atoms with Crippen LogP contribution in [0.15, 0.2) is 21.9 Å². The van der Waals surface area contributed by atoms with Crippen LogP contribution in [0.3, 0.4) is 0 Å². The molecule has 0 unspecified atom stereocenters. The second kappa shape index (κ2) is 9.01. The van der Waals surface area contributed by atoms with Crippen LogP contribution < -0.4 is 34.8 Å². The summed E-state index contributed by atoms with van der Waals surface area (Å²) in [6.45, 7) is 3.44. The summed E-state index contributed by atoms with van der Waals surface area (Å²) in [6.07, 6.45) is 0. The van der Waals surface area contributed by atoms with Crippen molar-refractivity contribution in [2.45, 2.75) is 23.6 Å². The van der Waals surface area contributed by atoms with Crippen molar-refractivity contribution in [3.8, 4) is 0 Å². The first-order valence-electron chi connectivity index (χ1n) is 4.95. The van der Waals surface area contributed by atoms with Crippen LogP contribution in [0, 0.1) is 13.8 Å². The fourth-order valence-corrected chi connectivity index (χ4v) is 4.57. The molecule has 0 aliphatic rings. The molecular formula is C10H12BrNaO5S2. The van der Waals surface area contributed by atoms with Crippen molar-refractivity contribution in [3.05, 3.63) is 23.3 Å². The molecule has 5 nitrogen and oxygen atoms in total. The van der Waals surface area contributed by atoms with Crippen molar-refractivity contribution in [2.24, 2.45) is 0 Å². The number of benzene rings is 1. The fraction of sp³-hybridized carbons (Fsp3) is 0.400. The molecule has 0 heterocycles. The Morgan fingerprint density at radius 2 is 1.95 bits per heavy atom. The van der Waals surface area contributed by atoms with E-state index in [2.05, 4.69) is 25.3 Å². The second-order valence-corrected chi connectivity index (χ2v) is 7.22. The van der Waals surface area contributed by atoms with Crippen LogP contribution in [0.5, 0.6) is 0 Å². The van der Waals surface area contributed by atoms with Gasteiger partial charge >= 0.3 is 29.6 Å². The minimum Gasteiger partial charge on any atom is -0.691 e. The van der Waals surface area contributed by atoms with Crippen LogP contribution in [0.1, 0.15) is 11.1 Å². The van der Waals surface area contributed by atoms with Gasteiger partial charge in [0.05, 0.1) is 22.7 Å². The van der Waals surface area contributed by atoms with Crippen molar-refractivity contribution >= 4 is 37.8 Å². The molecule has 0 fully saturated rings. The average Bonchev–Trinajstić information content (AvgIpc) is 2.29. The molecule has 1 rings (SSSR count). The summed E-state index contributed by atoms with van der Waals surface area (Å²) >= 11 is 3.87. The predicted molar refractivity (Wildman–Crippen MR) is 69.8 cm³/mol. The smallest absolute Gasteiger partial charge is 0.691 e. The van der Waals surface area contributed by atoms with Gasteiger partial charge in [0.15, 0.2) is 9.84 Å². The summed E-state index contributed by atoms with van der Waals surface area (Å²) in [7, 11) is -3.29. The quantitative estimate of drug-likeness (QED) is 0.201. The van der Waals surface area contributed by atoms with Crippen molar-refractivity contribution in [1.82, 2.24) is 0 Å². The average molecular weight is 379 g/mol. The molecule has 9 heteroatoms. The van der Waals surface area contributed by atoms with E-state index < -0.39 is 9.84 Å². The van der Waals surface area contributed by atoms with Crippen molar-refractivity contribution in [2.75, 3.05) is 11.1 Å². The minimum atomic E-state index is -3.29. The minimum absolute atomic E-state index is 0. The number of rotatable bonds is 6. The Morgan fingerprint density at radius 1 is 1.32 bits per heavy atom. The molecule has 0 radical (unpaired) electrons. The summed E-state index contributed by atoms with van der Waals surface area (Å²) in [5.74, 6) is 0.0416. The maximum atomic E-state index is 12.0. The summed E-state index contributed by atoms with van der Waals surface area (Å²) in [6, 6.07) is 3.23. The number of aryl methyl sites for hydroxylation is 2. The molecule has 0 N–H and O–H groups in total. The van der Waals surface area contributed by atoms with E-state index in [0.717, 1.165) is 12.0 Å². The maximum Gasteiger partial charge on any atom is 1.00 e. The number of alkyl halides is 1. The van der Waals surface area contributed by atoms with Gasteiger partial charge in [-0.25, -0.2) is 8.42 Å². The van der Waals surface area contributed by atoms with Gasteiger partial charge < -0.3 is 5.26 Å². The van der Waals surface area contributed by atoms with Gasteiger partial charge in [-0.05, 0) is 37.1 Å². The summed E-state index contributed by atoms with van der Waals surface area (Å²) in [5, 5.41) is 13.4. The fourth-order valence-electron chi connectivity index (χ4n) is 1.45. The maximum absolute atomic E-state index is 12.0. The Balaban J connectivity index is 0.00000324. The molecular weight excluding hydrogens is 367 g/mol. The van der Waals surface area contributed by atoms with Crippen LogP contribution in [0.2, 0.25) is 0 Å². The zero-order chi connectivity index (χ0) is 13.8. The van der Waals surface area contributed by atoms with E-state index >= 15 is 0 Å². The van der Waals surface area contributed by atoms with Crippen LogP contribution >= 0.6 is 28.0 Å². The molecule has 0 atom stereocenters. The van der Waals surface area contributed by atoms with Crippen LogP contribution in [0.25, 0.3) is 0 Å². The van der Waals surface area contributed by atoms with Crippen molar-refractivity contribution < 1.29 is 52.6 Å². The molecule has 0 aromatic heterocycles. The molecule has 102 valence electrons. The van der Waals surface area contributed by atoms with E-state index in [1.807, 2.05) is 0 Å². The number of halogens is 1. The first kappa shape index (κ1) is 19.9. The van der Waals surface area contributed by atoms with E-state index in [1.165, 1.54) is 0 Å². The van der Waals surface area contributed by atoms with Gasteiger partial charge in [0.2, 0.25) is 0 Å². The molecule has 0 aliphatic carbocycles. The van der Waals surface area contributed by atoms with Crippen LogP contribution in [0.4, 0.5) is 0 Å².